The molecule has 5 N–H and O–H groups in total. The summed E-state index contributed by atoms with van der Waals surface area (Å²) in [6, 6.07) is -0.800. The van der Waals surface area contributed by atoms with Crippen molar-refractivity contribution >= 4 is 0 Å². The van der Waals surface area contributed by atoms with E-state index in [-0.39, 0.29) is 12.6 Å². The Labute approximate surface area is 89.7 Å². The van der Waals surface area contributed by atoms with Crippen molar-refractivity contribution in [3.8, 4) is 0 Å². The Morgan fingerprint density at radius 1 is 1.00 bits per heavy atom. The summed E-state index contributed by atoms with van der Waals surface area (Å²) in [6.45, 7) is 1.80. The Morgan fingerprint density at radius 2 is 1.60 bits per heavy atom. The molecule has 0 aromatic carbocycles. The largest absolute Gasteiger partial charge is 0.395 e. The highest BCUT2D eigenvalue weighted by atomic mass is 16.4. The van der Waals surface area contributed by atoms with Crippen LogP contribution in [0.1, 0.15) is 26.2 Å². The van der Waals surface area contributed by atoms with E-state index in [1.165, 1.54) is 0 Å². The third kappa shape index (κ3) is 2.89. The Balaban J connectivity index is 2.57. The molecule has 0 radical (unpaired) electrons. The van der Waals surface area contributed by atoms with Crippen LogP contribution < -0.4 is 5.32 Å². The quantitative estimate of drug-likeness (QED) is 0.401. The molecule has 90 valence electrons. The van der Waals surface area contributed by atoms with Crippen LogP contribution >= 0.6 is 0 Å². The van der Waals surface area contributed by atoms with Crippen molar-refractivity contribution in [2.75, 3.05) is 6.61 Å². The van der Waals surface area contributed by atoms with E-state index < -0.39 is 24.4 Å². The minimum atomic E-state index is -1.18. The van der Waals surface area contributed by atoms with E-state index >= 15 is 0 Å². The number of hydrogen-bond acceptors (Lipinski definition) is 5. The van der Waals surface area contributed by atoms with Crippen LogP contribution in [0, 0.1) is 0 Å². The van der Waals surface area contributed by atoms with Crippen molar-refractivity contribution in [1.82, 2.24) is 5.32 Å². The molecule has 1 aliphatic heterocycles. The maximum absolute atomic E-state index is 9.69. The number of hydrogen-bond donors (Lipinski definition) is 5. The zero-order valence-electron chi connectivity index (χ0n) is 9.00. The van der Waals surface area contributed by atoms with Crippen LogP contribution in [0.25, 0.3) is 0 Å². The summed E-state index contributed by atoms with van der Waals surface area (Å²) < 4.78 is 0. The topological polar surface area (TPSA) is 93.0 Å². The highest BCUT2D eigenvalue weighted by Gasteiger charge is 2.41. The minimum Gasteiger partial charge on any atom is -0.395 e. The lowest BCUT2D eigenvalue weighted by Crippen LogP contribution is -2.65. The molecule has 0 spiro atoms. The van der Waals surface area contributed by atoms with Crippen molar-refractivity contribution < 1.29 is 20.4 Å². The highest BCUT2D eigenvalue weighted by molar-refractivity contribution is 4.97. The average Bonchev–Trinajstić information content (AvgIpc) is 2.25. The summed E-state index contributed by atoms with van der Waals surface area (Å²) in [5, 5.41) is 40.7. The van der Waals surface area contributed by atoms with Gasteiger partial charge in [0.2, 0.25) is 0 Å². The van der Waals surface area contributed by atoms with E-state index in [4.69, 9.17) is 5.11 Å². The van der Waals surface area contributed by atoms with Gasteiger partial charge >= 0.3 is 0 Å². The number of nitrogens with one attached hydrogen (secondary N) is 1. The lowest BCUT2D eigenvalue weighted by atomic mass is 9.88. The number of unbranched alkanes of at least 4 members (excludes halogenated alkanes) is 1. The molecule has 0 aromatic heterocycles. The molecule has 1 heterocycles. The maximum Gasteiger partial charge on any atom is 0.109 e. The molecule has 5 nitrogen and oxygen atoms in total. The number of aliphatic hydroxyl groups is 4. The molecule has 1 rings (SSSR count). The molecule has 15 heavy (non-hydrogen) atoms. The van der Waals surface area contributed by atoms with Gasteiger partial charge in [-0.3, -0.25) is 0 Å². The second-order valence-corrected chi connectivity index (χ2v) is 4.18. The summed E-state index contributed by atoms with van der Waals surface area (Å²) in [6.07, 6.45) is -0.566. The van der Waals surface area contributed by atoms with Gasteiger partial charge in [0, 0.05) is 6.04 Å². The second-order valence-electron chi connectivity index (χ2n) is 4.18. The molecule has 0 saturated carbocycles. The zero-order chi connectivity index (χ0) is 11.4. The number of piperidine rings is 1. The minimum absolute atomic E-state index is 0.242. The summed E-state index contributed by atoms with van der Waals surface area (Å²) in [5.41, 5.74) is 0. The van der Waals surface area contributed by atoms with Crippen LogP contribution in [0.15, 0.2) is 0 Å². The fourth-order valence-electron chi connectivity index (χ4n) is 1.99. The Hall–Kier alpha value is -0.200. The SMILES string of the molecule is CCCC[C@@H]1N[C@H](CO)[C@@H](O)[C@H](O)[C@H]1O. The third-order valence-electron chi connectivity index (χ3n) is 3.02. The van der Waals surface area contributed by atoms with Gasteiger partial charge in [0.15, 0.2) is 0 Å². The van der Waals surface area contributed by atoms with Crippen molar-refractivity contribution in [2.45, 2.75) is 56.6 Å². The van der Waals surface area contributed by atoms with E-state index in [9.17, 15) is 15.3 Å². The Kier molecular flexibility index (Phi) is 4.95. The van der Waals surface area contributed by atoms with Crippen molar-refractivity contribution in [2.24, 2.45) is 0 Å². The van der Waals surface area contributed by atoms with Crippen LogP contribution in [0.5, 0.6) is 0 Å². The molecular formula is C10H21NO4. The van der Waals surface area contributed by atoms with E-state index in [2.05, 4.69) is 5.32 Å². The van der Waals surface area contributed by atoms with Gasteiger partial charge in [0.1, 0.15) is 6.10 Å². The summed E-state index contributed by atoms with van der Waals surface area (Å²) >= 11 is 0. The smallest absolute Gasteiger partial charge is 0.109 e. The summed E-state index contributed by atoms with van der Waals surface area (Å²) in [7, 11) is 0. The van der Waals surface area contributed by atoms with Crippen LogP contribution in [-0.4, -0.2) is 57.4 Å². The van der Waals surface area contributed by atoms with Gasteiger partial charge in [-0.05, 0) is 6.42 Å². The summed E-state index contributed by atoms with van der Waals surface area (Å²) in [5.74, 6) is 0. The van der Waals surface area contributed by atoms with Gasteiger partial charge in [0.25, 0.3) is 0 Å². The van der Waals surface area contributed by atoms with Crippen molar-refractivity contribution in [3.63, 3.8) is 0 Å². The first-order valence-corrected chi connectivity index (χ1v) is 5.53. The first kappa shape index (κ1) is 12.9. The lowest BCUT2D eigenvalue weighted by molar-refractivity contribution is -0.120. The van der Waals surface area contributed by atoms with Gasteiger partial charge in [-0.2, -0.15) is 0 Å². The molecular weight excluding hydrogens is 198 g/mol. The van der Waals surface area contributed by atoms with Crippen molar-refractivity contribution in [3.05, 3.63) is 0 Å². The highest BCUT2D eigenvalue weighted by Crippen LogP contribution is 2.18. The van der Waals surface area contributed by atoms with E-state index in [0.29, 0.717) is 0 Å². The average molecular weight is 219 g/mol. The Bertz CT molecular complexity index is 188. The molecule has 5 atom stereocenters. The van der Waals surface area contributed by atoms with Gasteiger partial charge in [-0.1, -0.05) is 19.8 Å². The normalized spacial score (nSPS) is 41.8. The monoisotopic (exact) mass is 219 g/mol. The van der Waals surface area contributed by atoms with Gasteiger partial charge in [-0.15, -0.1) is 0 Å². The van der Waals surface area contributed by atoms with Crippen LogP contribution in [-0.2, 0) is 0 Å². The van der Waals surface area contributed by atoms with Crippen molar-refractivity contribution in [1.29, 1.82) is 0 Å². The number of rotatable bonds is 4. The van der Waals surface area contributed by atoms with E-state index in [1.807, 2.05) is 6.92 Å². The van der Waals surface area contributed by atoms with Crippen LogP contribution in [0.4, 0.5) is 0 Å². The molecule has 0 aromatic rings. The Morgan fingerprint density at radius 3 is 2.13 bits per heavy atom. The second kappa shape index (κ2) is 5.77. The fraction of sp³-hybridized carbons (Fsp3) is 1.00. The van der Waals surface area contributed by atoms with E-state index in [0.717, 1.165) is 19.3 Å². The molecule has 0 aliphatic carbocycles. The molecule has 1 fully saturated rings. The third-order valence-corrected chi connectivity index (χ3v) is 3.02. The summed E-state index contributed by atoms with van der Waals surface area (Å²) in [4.78, 5) is 0. The lowest BCUT2D eigenvalue weighted by Gasteiger charge is -2.41. The standard InChI is InChI=1S/C10H21NO4/c1-2-3-4-6-8(13)10(15)9(14)7(5-12)11-6/h6-15H,2-5H2,1H3/t6-,7+,8-,9+,10+/m0/s1. The predicted octanol–water partition coefficient (Wildman–Crippen LogP) is -1.41. The molecule has 0 unspecified atom stereocenters. The first-order chi connectivity index (χ1) is 7.11. The van der Waals surface area contributed by atoms with Crippen LogP contribution in [0.2, 0.25) is 0 Å². The van der Waals surface area contributed by atoms with E-state index in [1.54, 1.807) is 0 Å². The molecule has 1 aliphatic rings. The van der Waals surface area contributed by atoms with Crippen LogP contribution in [0.3, 0.4) is 0 Å². The van der Waals surface area contributed by atoms with Gasteiger partial charge in [-0.25, -0.2) is 0 Å². The number of aliphatic hydroxyl groups excluding tert-OH is 4. The fourth-order valence-corrected chi connectivity index (χ4v) is 1.99. The molecule has 0 amide bonds. The first-order valence-electron chi connectivity index (χ1n) is 5.53. The zero-order valence-corrected chi connectivity index (χ0v) is 9.00. The molecule has 5 heteroatoms. The molecule has 1 saturated heterocycles. The maximum atomic E-state index is 9.69. The predicted molar refractivity (Wildman–Crippen MR) is 55.3 cm³/mol. The molecule has 0 bridgehead atoms. The van der Waals surface area contributed by atoms with Gasteiger partial charge < -0.3 is 25.7 Å². The van der Waals surface area contributed by atoms with Gasteiger partial charge in [0.05, 0.1) is 24.9 Å².